The first-order valence-corrected chi connectivity index (χ1v) is 7.06. The maximum absolute atomic E-state index is 13.2. The van der Waals surface area contributed by atoms with Crippen LogP contribution in [-0.2, 0) is 0 Å². The van der Waals surface area contributed by atoms with Gasteiger partial charge >= 0.3 is 0 Å². The standard InChI is InChI=1S/C14H18BrFO2/c1-2-3-4-5-6-7-13(17)11-8-10(16)9-12(15)14(11)18/h8-9,18H,2-7H2,1H3. The third kappa shape index (κ3) is 4.41. The highest BCUT2D eigenvalue weighted by Gasteiger charge is 2.15. The van der Waals surface area contributed by atoms with E-state index in [1.807, 2.05) is 0 Å². The van der Waals surface area contributed by atoms with Crippen molar-refractivity contribution in [2.45, 2.75) is 45.4 Å². The van der Waals surface area contributed by atoms with Crippen LogP contribution in [0.5, 0.6) is 5.75 Å². The molecule has 2 nitrogen and oxygen atoms in total. The van der Waals surface area contributed by atoms with Crippen molar-refractivity contribution in [1.82, 2.24) is 0 Å². The normalized spacial score (nSPS) is 10.6. The van der Waals surface area contributed by atoms with Crippen molar-refractivity contribution in [3.63, 3.8) is 0 Å². The number of carbonyl (C=O) groups excluding carboxylic acids is 1. The van der Waals surface area contributed by atoms with E-state index in [1.165, 1.54) is 6.42 Å². The molecule has 18 heavy (non-hydrogen) atoms. The third-order valence-corrected chi connectivity index (χ3v) is 3.44. The minimum Gasteiger partial charge on any atom is -0.506 e. The summed E-state index contributed by atoms with van der Waals surface area (Å²) >= 11 is 3.03. The highest BCUT2D eigenvalue weighted by Crippen LogP contribution is 2.30. The van der Waals surface area contributed by atoms with Crippen LogP contribution in [0, 0.1) is 5.82 Å². The second kappa shape index (κ2) is 7.52. The van der Waals surface area contributed by atoms with E-state index < -0.39 is 5.82 Å². The van der Waals surface area contributed by atoms with Crippen LogP contribution in [0.2, 0.25) is 0 Å². The van der Waals surface area contributed by atoms with Gasteiger partial charge in [-0.15, -0.1) is 0 Å². The average Bonchev–Trinajstić information content (AvgIpc) is 2.33. The van der Waals surface area contributed by atoms with Crippen LogP contribution in [-0.4, -0.2) is 10.9 Å². The first-order valence-electron chi connectivity index (χ1n) is 6.27. The van der Waals surface area contributed by atoms with Gasteiger partial charge in [0.1, 0.15) is 11.6 Å². The molecule has 0 radical (unpaired) electrons. The van der Waals surface area contributed by atoms with Gasteiger partial charge in [-0.05, 0) is 34.5 Å². The maximum Gasteiger partial charge on any atom is 0.166 e. The van der Waals surface area contributed by atoms with Crippen molar-refractivity contribution in [1.29, 1.82) is 0 Å². The van der Waals surface area contributed by atoms with Crippen LogP contribution >= 0.6 is 15.9 Å². The van der Waals surface area contributed by atoms with Gasteiger partial charge in [-0.3, -0.25) is 4.79 Å². The predicted molar refractivity (Wildman–Crippen MR) is 73.5 cm³/mol. The summed E-state index contributed by atoms with van der Waals surface area (Å²) in [6.07, 6.45) is 5.58. The molecule has 0 bridgehead atoms. The first-order chi connectivity index (χ1) is 8.56. The lowest BCUT2D eigenvalue weighted by atomic mass is 10.0. The zero-order valence-electron chi connectivity index (χ0n) is 10.5. The molecule has 0 aliphatic heterocycles. The minimum absolute atomic E-state index is 0.0670. The van der Waals surface area contributed by atoms with Gasteiger partial charge in [-0.2, -0.15) is 0 Å². The Morgan fingerprint density at radius 3 is 2.61 bits per heavy atom. The average molecular weight is 317 g/mol. The van der Waals surface area contributed by atoms with Crippen molar-refractivity contribution < 1.29 is 14.3 Å². The molecule has 1 rings (SSSR count). The fourth-order valence-electron chi connectivity index (χ4n) is 1.80. The molecule has 0 aromatic heterocycles. The summed E-state index contributed by atoms with van der Waals surface area (Å²) in [5, 5.41) is 9.70. The summed E-state index contributed by atoms with van der Waals surface area (Å²) in [6.45, 7) is 2.13. The van der Waals surface area contributed by atoms with E-state index in [-0.39, 0.29) is 21.6 Å². The Bertz CT molecular complexity index is 419. The van der Waals surface area contributed by atoms with Crippen molar-refractivity contribution >= 4 is 21.7 Å². The number of phenols is 1. The van der Waals surface area contributed by atoms with Gasteiger partial charge in [0.2, 0.25) is 0 Å². The number of benzene rings is 1. The van der Waals surface area contributed by atoms with Crippen LogP contribution in [0.1, 0.15) is 55.8 Å². The lowest BCUT2D eigenvalue weighted by Gasteiger charge is -2.06. The lowest BCUT2D eigenvalue weighted by molar-refractivity contribution is 0.0976. The second-order valence-electron chi connectivity index (χ2n) is 4.37. The van der Waals surface area contributed by atoms with Crippen molar-refractivity contribution in [2.24, 2.45) is 0 Å². The van der Waals surface area contributed by atoms with Gasteiger partial charge in [0.25, 0.3) is 0 Å². The predicted octanol–water partition coefficient (Wildman–Crippen LogP) is 4.84. The Morgan fingerprint density at radius 1 is 1.28 bits per heavy atom. The molecule has 0 aliphatic carbocycles. The summed E-state index contributed by atoms with van der Waals surface area (Å²) in [4.78, 5) is 11.9. The highest BCUT2D eigenvalue weighted by molar-refractivity contribution is 9.10. The molecule has 0 aliphatic rings. The Labute approximate surface area is 115 Å². The second-order valence-corrected chi connectivity index (χ2v) is 5.23. The molecule has 0 heterocycles. The van der Waals surface area contributed by atoms with Gasteiger partial charge in [0, 0.05) is 6.42 Å². The molecule has 0 saturated carbocycles. The summed E-state index contributed by atoms with van der Waals surface area (Å²) in [5.74, 6) is -0.895. The number of rotatable bonds is 7. The highest BCUT2D eigenvalue weighted by atomic mass is 79.9. The molecule has 1 N–H and O–H groups in total. The molecule has 4 heteroatoms. The zero-order chi connectivity index (χ0) is 13.5. The van der Waals surface area contributed by atoms with Crippen molar-refractivity contribution in [3.8, 4) is 5.75 Å². The van der Waals surface area contributed by atoms with Gasteiger partial charge in [-0.1, -0.05) is 32.6 Å². The summed E-state index contributed by atoms with van der Waals surface area (Å²) in [6, 6.07) is 2.24. The molecule has 0 spiro atoms. The molecule has 0 amide bonds. The maximum atomic E-state index is 13.2. The number of halogens is 2. The van der Waals surface area contributed by atoms with E-state index in [1.54, 1.807) is 0 Å². The van der Waals surface area contributed by atoms with E-state index in [4.69, 9.17) is 0 Å². The van der Waals surface area contributed by atoms with Crippen molar-refractivity contribution in [3.05, 3.63) is 28.0 Å². The number of hydrogen-bond donors (Lipinski definition) is 1. The topological polar surface area (TPSA) is 37.3 Å². The number of carbonyl (C=O) groups is 1. The fourth-order valence-corrected chi connectivity index (χ4v) is 2.23. The summed E-state index contributed by atoms with van der Waals surface area (Å²) in [7, 11) is 0. The number of aromatic hydroxyl groups is 1. The van der Waals surface area contributed by atoms with Gasteiger partial charge in [-0.25, -0.2) is 4.39 Å². The SMILES string of the molecule is CCCCCCCC(=O)c1cc(F)cc(Br)c1O. The third-order valence-electron chi connectivity index (χ3n) is 2.84. The number of phenolic OH excluding ortho intramolecular Hbond substituents is 1. The monoisotopic (exact) mass is 316 g/mol. The lowest BCUT2D eigenvalue weighted by Crippen LogP contribution is -2.01. The van der Waals surface area contributed by atoms with Crippen LogP contribution in [0.15, 0.2) is 16.6 Å². The minimum atomic E-state index is -0.519. The molecule has 0 atom stereocenters. The number of unbranched alkanes of at least 4 members (excludes halogenated alkanes) is 4. The molecule has 1 aromatic rings. The number of ketones is 1. The van der Waals surface area contributed by atoms with Crippen LogP contribution < -0.4 is 0 Å². The Balaban J connectivity index is 2.56. The summed E-state index contributed by atoms with van der Waals surface area (Å²) < 4.78 is 13.4. The Morgan fingerprint density at radius 2 is 1.94 bits per heavy atom. The van der Waals surface area contributed by atoms with Crippen LogP contribution in [0.4, 0.5) is 4.39 Å². The molecule has 0 unspecified atom stereocenters. The molecule has 100 valence electrons. The van der Waals surface area contributed by atoms with E-state index in [9.17, 15) is 14.3 Å². The quantitative estimate of drug-likeness (QED) is 0.577. The largest absolute Gasteiger partial charge is 0.506 e. The number of hydrogen-bond acceptors (Lipinski definition) is 2. The van der Waals surface area contributed by atoms with E-state index >= 15 is 0 Å². The van der Waals surface area contributed by atoms with Gasteiger partial charge < -0.3 is 5.11 Å². The zero-order valence-corrected chi connectivity index (χ0v) is 12.1. The molecule has 1 aromatic carbocycles. The fraction of sp³-hybridized carbons (Fsp3) is 0.500. The first kappa shape index (κ1) is 15.2. The molecule has 0 fully saturated rings. The van der Waals surface area contributed by atoms with Crippen LogP contribution in [0.3, 0.4) is 0 Å². The molecular formula is C14H18BrFO2. The van der Waals surface area contributed by atoms with E-state index in [2.05, 4.69) is 22.9 Å². The Hall–Kier alpha value is -0.900. The molecule has 0 saturated heterocycles. The van der Waals surface area contributed by atoms with E-state index in [0.29, 0.717) is 6.42 Å². The van der Waals surface area contributed by atoms with E-state index in [0.717, 1.165) is 37.8 Å². The van der Waals surface area contributed by atoms with Gasteiger partial charge in [0.05, 0.1) is 10.0 Å². The van der Waals surface area contributed by atoms with Gasteiger partial charge in [0.15, 0.2) is 5.78 Å². The number of Topliss-reactive ketones (excluding diaryl/α,β-unsaturated/α-hetero) is 1. The molecular weight excluding hydrogens is 299 g/mol. The van der Waals surface area contributed by atoms with Crippen molar-refractivity contribution in [2.75, 3.05) is 0 Å². The smallest absolute Gasteiger partial charge is 0.166 e. The summed E-state index contributed by atoms with van der Waals surface area (Å²) in [5.41, 5.74) is 0.0670. The van der Waals surface area contributed by atoms with Crippen LogP contribution in [0.25, 0.3) is 0 Å². The Kier molecular flexibility index (Phi) is 6.33.